The third-order valence-corrected chi connectivity index (χ3v) is 4.15. The van der Waals surface area contributed by atoms with Crippen LogP contribution in [-0.4, -0.2) is 6.54 Å². The van der Waals surface area contributed by atoms with E-state index in [0.29, 0.717) is 16.5 Å². The van der Waals surface area contributed by atoms with Crippen LogP contribution in [0.25, 0.3) is 0 Å². The zero-order chi connectivity index (χ0) is 15.4. The molecule has 0 spiro atoms. The zero-order valence-corrected chi connectivity index (χ0v) is 13.7. The summed E-state index contributed by atoms with van der Waals surface area (Å²) in [5.74, 6) is -0.492. The Bertz CT molecular complexity index is 628. The smallest absolute Gasteiger partial charge is 0.142 e. The summed E-state index contributed by atoms with van der Waals surface area (Å²) in [7, 11) is 0. The normalized spacial score (nSPS) is 12.4. The Kier molecular flexibility index (Phi) is 5.48. The predicted octanol–water partition coefficient (Wildman–Crippen LogP) is 4.93. The molecular formula is C17H18BrF2N. The third-order valence-electron chi connectivity index (χ3n) is 3.54. The molecule has 2 aromatic carbocycles. The van der Waals surface area contributed by atoms with Gasteiger partial charge in [0, 0.05) is 11.6 Å². The molecule has 0 saturated heterocycles. The van der Waals surface area contributed by atoms with Gasteiger partial charge in [0.2, 0.25) is 0 Å². The number of hydrogen-bond donors (Lipinski definition) is 1. The molecule has 1 nitrogen and oxygen atoms in total. The van der Waals surface area contributed by atoms with Crippen molar-refractivity contribution in [2.45, 2.75) is 26.3 Å². The minimum atomic E-state index is -0.247. The van der Waals surface area contributed by atoms with Crippen molar-refractivity contribution in [3.8, 4) is 0 Å². The molecule has 0 aliphatic rings. The molecule has 0 bridgehead atoms. The summed E-state index contributed by atoms with van der Waals surface area (Å²) in [6.45, 7) is 4.59. The van der Waals surface area contributed by atoms with Crippen LogP contribution in [0, 0.1) is 18.6 Å². The first-order chi connectivity index (χ1) is 10.0. The van der Waals surface area contributed by atoms with Crippen LogP contribution in [0.3, 0.4) is 0 Å². The Morgan fingerprint density at radius 1 is 1.19 bits per heavy atom. The minimum Gasteiger partial charge on any atom is -0.310 e. The molecule has 4 heteroatoms. The van der Waals surface area contributed by atoms with Crippen LogP contribution < -0.4 is 5.32 Å². The van der Waals surface area contributed by atoms with Gasteiger partial charge >= 0.3 is 0 Å². The van der Waals surface area contributed by atoms with Crippen molar-refractivity contribution in [1.82, 2.24) is 5.32 Å². The molecule has 1 unspecified atom stereocenters. The van der Waals surface area contributed by atoms with E-state index >= 15 is 0 Å². The van der Waals surface area contributed by atoms with E-state index in [1.165, 1.54) is 12.1 Å². The first kappa shape index (κ1) is 16.1. The van der Waals surface area contributed by atoms with Gasteiger partial charge in [0.15, 0.2) is 0 Å². The standard InChI is InChI=1S/C17H18BrF2N/c1-3-21-16(14-5-4-6-15(18)17(14)20)10-12-7-8-13(19)9-11(12)2/h4-9,16,21H,3,10H2,1-2H3. The Morgan fingerprint density at radius 2 is 1.95 bits per heavy atom. The fraction of sp³-hybridized carbons (Fsp3) is 0.294. The second-order valence-electron chi connectivity index (χ2n) is 5.03. The molecule has 0 aliphatic carbocycles. The van der Waals surface area contributed by atoms with Gasteiger partial charge in [-0.1, -0.05) is 25.1 Å². The van der Waals surface area contributed by atoms with E-state index in [-0.39, 0.29) is 17.7 Å². The van der Waals surface area contributed by atoms with Crippen molar-refractivity contribution in [3.63, 3.8) is 0 Å². The largest absolute Gasteiger partial charge is 0.310 e. The van der Waals surface area contributed by atoms with E-state index in [4.69, 9.17) is 0 Å². The van der Waals surface area contributed by atoms with Crippen molar-refractivity contribution in [2.24, 2.45) is 0 Å². The van der Waals surface area contributed by atoms with Crippen LogP contribution in [0.2, 0.25) is 0 Å². The van der Waals surface area contributed by atoms with Crippen molar-refractivity contribution in [3.05, 3.63) is 69.2 Å². The van der Waals surface area contributed by atoms with Crippen molar-refractivity contribution >= 4 is 15.9 Å². The van der Waals surface area contributed by atoms with Gasteiger partial charge in [-0.2, -0.15) is 0 Å². The van der Waals surface area contributed by atoms with E-state index in [1.807, 2.05) is 19.9 Å². The minimum absolute atomic E-state index is 0.142. The summed E-state index contributed by atoms with van der Waals surface area (Å²) >= 11 is 3.22. The quantitative estimate of drug-likeness (QED) is 0.803. The molecule has 21 heavy (non-hydrogen) atoms. The van der Waals surface area contributed by atoms with Crippen LogP contribution in [0.1, 0.15) is 29.7 Å². The maximum absolute atomic E-state index is 14.3. The molecule has 2 aromatic rings. The van der Waals surface area contributed by atoms with E-state index in [9.17, 15) is 8.78 Å². The van der Waals surface area contributed by atoms with Gasteiger partial charge < -0.3 is 5.32 Å². The molecule has 0 radical (unpaired) electrons. The fourth-order valence-corrected chi connectivity index (χ4v) is 2.82. The van der Waals surface area contributed by atoms with Crippen molar-refractivity contribution < 1.29 is 8.78 Å². The number of likely N-dealkylation sites (N-methyl/N-ethyl adjacent to an activating group) is 1. The number of hydrogen-bond acceptors (Lipinski definition) is 1. The SMILES string of the molecule is CCNC(Cc1ccc(F)cc1C)c1cccc(Br)c1F. The summed E-state index contributed by atoms with van der Waals surface area (Å²) in [5, 5.41) is 3.30. The summed E-state index contributed by atoms with van der Waals surface area (Å²) in [6.07, 6.45) is 0.618. The second kappa shape index (κ2) is 7.14. The van der Waals surface area contributed by atoms with Gasteiger partial charge in [0.25, 0.3) is 0 Å². The van der Waals surface area contributed by atoms with E-state index in [2.05, 4.69) is 21.2 Å². The number of rotatable bonds is 5. The van der Waals surface area contributed by atoms with Crippen LogP contribution in [0.5, 0.6) is 0 Å². The van der Waals surface area contributed by atoms with Crippen LogP contribution in [0.4, 0.5) is 8.78 Å². The van der Waals surface area contributed by atoms with Gasteiger partial charge in [0.05, 0.1) is 4.47 Å². The number of aryl methyl sites for hydroxylation is 1. The lowest BCUT2D eigenvalue weighted by Crippen LogP contribution is -2.24. The summed E-state index contributed by atoms with van der Waals surface area (Å²) in [5.41, 5.74) is 2.52. The maximum atomic E-state index is 14.3. The number of halogens is 3. The van der Waals surface area contributed by atoms with Crippen LogP contribution in [-0.2, 0) is 6.42 Å². The molecule has 0 fully saturated rings. The van der Waals surface area contributed by atoms with E-state index in [1.54, 1.807) is 18.2 Å². The first-order valence-corrected chi connectivity index (χ1v) is 7.74. The van der Waals surface area contributed by atoms with E-state index < -0.39 is 0 Å². The lowest BCUT2D eigenvalue weighted by molar-refractivity contribution is 0.506. The average Bonchev–Trinajstić information content (AvgIpc) is 2.44. The highest BCUT2D eigenvalue weighted by atomic mass is 79.9. The number of nitrogens with one attached hydrogen (secondary N) is 1. The molecule has 0 aliphatic heterocycles. The summed E-state index contributed by atoms with van der Waals surface area (Å²) in [4.78, 5) is 0. The molecule has 1 N–H and O–H groups in total. The van der Waals surface area contributed by atoms with Gasteiger partial charge in [-0.3, -0.25) is 0 Å². The maximum Gasteiger partial charge on any atom is 0.142 e. The topological polar surface area (TPSA) is 12.0 Å². The molecule has 0 aromatic heterocycles. The Labute approximate surface area is 132 Å². The highest BCUT2D eigenvalue weighted by Crippen LogP contribution is 2.27. The molecule has 1 atom stereocenters. The molecule has 0 saturated carbocycles. The Balaban J connectivity index is 2.33. The summed E-state index contributed by atoms with van der Waals surface area (Å²) in [6, 6.07) is 9.88. The second-order valence-corrected chi connectivity index (χ2v) is 5.88. The predicted molar refractivity (Wildman–Crippen MR) is 85.4 cm³/mol. The highest BCUT2D eigenvalue weighted by Gasteiger charge is 2.18. The van der Waals surface area contributed by atoms with Gasteiger partial charge in [0.1, 0.15) is 11.6 Å². The van der Waals surface area contributed by atoms with Crippen molar-refractivity contribution in [1.29, 1.82) is 0 Å². The molecular weight excluding hydrogens is 336 g/mol. The molecule has 2 rings (SSSR count). The van der Waals surface area contributed by atoms with E-state index in [0.717, 1.165) is 17.7 Å². The zero-order valence-electron chi connectivity index (χ0n) is 12.1. The van der Waals surface area contributed by atoms with Crippen molar-refractivity contribution in [2.75, 3.05) is 6.54 Å². The molecule has 112 valence electrons. The van der Waals surface area contributed by atoms with Crippen LogP contribution in [0.15, 0.2) is 40.9 Å². The van der Waals surface area contributed by atoms with Gasteiger partial charge in [-0.05, 0) is 65.1 Å². The fourth-order valence-electron chi connectivity index (χ4n) is 2.44. The lowest BCUT2D eigenvalue weighted by Gasteiger charge is -2.20. The van der Waals surface area contributed by atoms with Gasteiger partial charge in [-0.15, -0.1) is 0 Å². The summed E-state index contributed by atoms with van der Waals surface area (Å²) < 4.78 is 27.9. The first-order valence-electron chi connectivity index (χ1n) is 6.95. The lowest BCUT2D eigenvalue weighted by atomic mass is 9.95. The highest BCUT2D eigenvalue weighted by molar-refractivity contribution is 9.10. The average molecular weight is 354 g/mol. The third kappa shape index (κ3) is 3.89. The van der Waals surface area contributed by atoms with Gasteiger partial charge in [-0.25, -0.2) is 8.78 Å². The monoisotopic (exact) mass is 353 g/mol. The Hall–Kier alpha value is -1.26. The Morgan fingerprint density at radius 3 is 2.62 bits per heavy atom. The number of benzene rings is 2. The molecule has 0 amide bonds. The van der Waals surface area contributed by atoms with Crippen LogP contribution >= 0.6 is 15.9 Å². The molecule has 0 heterocycles.